The summed E-state index contributed by atoms with van der Waals surface area (Å²) in [5.41, 5.74) is 3.49. The van der Waals surface area contributed by atoms with Gasteiger partial charge in [-0.3, -0.25) is 4.79 Å². The van der Waals surface area contributed by atoms with E-state index in [-0.39, 0.29) is 17.0 Å². The van der Waals surface area contributed by atoms with Gasteiger partial charge in [0.15, 0.2) is 0 Å². The first-order valence-corrected chi connectivity index (χ1v) is 11.1. The molecule has 0 bridgehead atoms. The van der Waals surface area contributed by atoms with E-state index in [0.717, 1.165) is 31.1 Å². The number of carbonyl (C=O) groups excluding carboxylic acids is 2. The summed E-state index contributed by atoms with van der Waals surface area (Å²) in [4.78, 5) is 24.2. The van der Waals surface area contributed by atoms with Gasteiger partial charge in [-0.1, -0.05) is 18.1 Å². The highest BCUT2D eigenvalue weighted by atomic mass is 16.6. The third-order valence-electron chi connectivity index (χ3n) is 10.2. The molecule has 5 unspecified atom stereocenters. The Morgan fingerprint density at radius 2 is 1.96 bits per heavy atom. The lowest BCUT2D eigenvalue weighted by Gasteiger charge is -2.56. The lowest BCUT2D eigenvalue weighted by atomic mass is 9.49. The van der Waals surface area contributed by atoms with Gasteiger partial charge in [0.05, 0.1) is 0 Å². The number of fused-ring (bicyclic) bond motifs is 9. The minimum Gasteiger partial charge on any atom is -0.451 e. The third kappa shape index (κ3) is 1.64. The summed E-state index contributed by atoms with van der Waals surface area (Å²) in [5, 5.41) is 0. The monoisotopic (exact) mass is 364 g/mol. The van der Waals surface area contributed by atoms with Crippen molar-refractivity contribution in [3.8, 4) is 0 Å². The highest BCUT2D eigenvalue weighted by Crippen LogP contribution is 2.79. The predicted octanol–water partition coefficient (Wildman–Crippen LogP) is 4.37. The minimum absolute atomic E-state index is 0.114. The largest absolute Gasteiger partial charge is 0.451 e. The normalized spacial score (nSPS) is 53.1. The molecule has 2 spiro atoms. The molecule has 7 atom stereocenters. The molecule has 0 saturated heterocycles. The fourth-order valence-corrected chi connectivity index (χ4v) is 8.96. The molecule has 0 aromatic carbocycles. The number of hydrogen-bond acceptors (Lipinski definition) is 3. The van der Waals surface area contributed by atoms with Crippen LogP contribution in [0.1, 0.15) is 64.7 Å². The fraction of sp³-hybridized carbons (Fsp3) is 0.750. The zero-order valence-corrected chi connectivity index (χ0v) is 16.1. The summed E-state index contributed by atoms with van der Waals surface area (Å²) in [6.07, 6.45) is 14.0. The fourth-order valence-electron chi connectivity index (χ4n) is 8.96. The van der Waals surface area contributed by atoms with Crippen molar-refractivity contribution in [1.29, 1.82) is 0 Å². The first kappa shape index (κ1) is 15.5. The average Bonchev–Trinajstić information content (AvgIpc) is 3.54. The molecule has 7 aliphatic rings. The Bertz CT molecular complexity index is 861. The highest BCUT2D eigenvalue weighted by Gasteiger charge is 2.78. The van der Waals surface area contributed by atoms with Crippen molar-refractivity contribution < 1.29 is 14.3 Å². The van der Waals surface area contributed by atoms with E-state index in [2.05, 4.69) is 13.0 Å². The molecule has 1 heterocycles. The number of rotatable bonds is 0. The van der Waals surface area contributed by atoms with Crippen LogP contribution in [-0.4, -0.2) is 17.4 Å². The van der Waals surface area contributed by atoms with Crippen molar-refractivity contribution in [2.24, 2.45) is 40.4 Å². The van der Waals surface area contributed by atoms with Crippen LogP contribution in [0, 0.1) is 40.4 Å². The molecule has 3 nitrogen and oxygen atoms in total. The molecule has 1 aliphatic heterocycles. The molecule has 0 aromatic rings. The topological polar surface area (TPSA) is 43.4 Å². The number of ether oxygens (including phenoxy) is 1. The number of carbonyl (C=O) groups is 2. The minimum atomic E-state index is -0.307. The third-order valence-corrected chi connectivity index (χ3v) is 10.2. The second-order valence-corrected chi connectivity index (χ2v) is 11.0. The highest BCUT2D eigenvalue weighted by molar-refractivity contribution is 5.86. The van der Waals surface area contributed by atoms with Gasteiger partial charge in [-0.15, -0.1) is 0 Å². The molecule has 0 N–H and O–H groups in total. The molecule has 4 saturated carbocycles. The lowest BCUT2D eigenvalue weighted by molar-refractivity contribution is -0.166. The van der Waals surface area contributed by atoms with E-state index in [0.29, 0.717) is 29.0 Å². The summed E-state index contributed by atoms with van der Waals surface area (Å²) in [5.74, 6) is 3.82. The Morgan fingerprint density at radius 1 is 1.11 bits per heavy atom. The first-order chi connectivity index (χ1) is 13.0. The van der Waals surface area contributed by atoms with E-state index < -0.39 is 0 Å². The van der Waals surface area contributed by atoms with Gasteiger partial charge in [0.1, 0.15) is 11.4 Å². The number of Topliss-reactive ketones (excluding diaryl/α,β-unsaturated/α-hetero) is 1. The molecule has 142 valence electrons. The summed E-state index contributed by atoms with van der Waals surface area (Å²) < 4.78 is 6.10. The molecule has 0 amide bonds. The maximum atomic E-state index is 12.2. The van der Waals surface area contributed by atoms with E-state index in [1.807, 2.05) is 0 Å². The first-order valence-electron chi connectivity index (χ1n) is 11.1. The molecule has 0 aromatic heterocycles. The zero-order valence-electron chi connectivity index (χ0n) is 16.1. The molecule has 0 radical (unpaired) electrons. The van der Waals surface area contributed by atoms with Crippen LogP contribution in [0.25, 0.3) is 0 Å². The van der Waals surface area contributed by atoms with E-state index in [9.17, 15) is 9.59 Å². The number of esters is 1. The molecule has 6 aliphatic carbocycles. The van der Waals surface area contributed by atoms with Crippen molar-refractivity contribution in [1.82, 2.24) is 0 Å². The van der Waals surface area contributed by atoms with E-state index in [1.165, 1.54) is 38.5 Å². The van der Waals surface area contributed by atoms with Crippen molar-refractivity contribution in [3.05, 3.63) is 23.3 Å². The van der Waals surface area contributed by atoms with Crippen LogP contribution in [0.4, 0.5) is 0 Å². The van der Waals surface area contributed by atoms with Crippen LogP contribution in [0.15, 0.2) is 23.3 Å². The van der Waals surface area contributed by atoms with Gasteiger partial charge in [-0.2, -0.15) is 0 Å². The van der Waals surface area contributed by atoms with Crippen LogP contribution in [0.5, 0.6) is 0 Å². The standard InChI is InChI=1S/C24H28O3/c1-22-6-4-14-15-3-2-13(25)10-18(15)23(8-9-23)12-17(14)21(22)16-11-19(16)24(22)7-5-20(26)27-24/h5,7,14,16-17,19,21H,2-4,6,8-12H2,1H3/t14?,16?,17?,19?,21?,22-,24-/m0/s1. The van der Waals surface area contributed by atoms with Gasteiger partial charge in [-0.25, -0.2) is 4.79 Å². The van der Waals surface area contributed by atoms with Crippen molar-refractivity contribution in [2.75, 3.05) is 0 Å². The van der Waals surface area contributed by atoms with Crippen LogP contribution >= 0.6 is 0 Å². The van der Waals surface area contributed by atoms with Crippen molar-refractivity contribution in [2.45, 2.75) is 70.3 Å². The molecule has 4 fully saturated rings. The lowest BCUT2D eigenvalue weighted by Crippen LogP contribution is -2.54. The van der Waals surface area contributed by atoms with E-state index in [4.69, 9.17) is 4.74 Å². The second-order valence-electron chi connectivity index (χ2n) is 11.0. The summed E-state index contributed by atoms with van der Waals surface area (Å²) in [6, 6.07) is 0. The Kier molecular flexibility index (Phi) is 2.55. The molecule has 7 rings (SSSR count). The Balaban J connectivity index is 1.33. The van der Waals surface area contributed by atoms with Crippen LogP contribution < -0.4 is 0 Å². The maximum Gasteiger partial charge on any atom is 0.331 e. The number of ketones is 1. The van der Waals surface area contributed by atoms with Crippen molar-refractivity contribution >= 4 is 11.8 Å². The quantitative estimate of drug-likeness (QED) is 0.473. The Morgan fingerprint density at radius 3 is 2.70 bits per heavy atom. The van der Waals surface area contributed by atoms with Crippen LogP contribution in [-0.2, 0) is 14.3 Å². The predicted molar refractivity (Wildman–Crippen MR) is 99.5 cm³/mol. The SMILES string of the molecule is C[C@]12CCC3C4=C(CC(=O)CC4)C4(CC4)CC3C1C1CC1[C@@]21C=CC(=O)O1. The zero-order chi connectivity index (χ0) is 18.2. The Hall–Kier alpha value is -1.38. The van der Waals surface area contributed by atoms with Crippen molar-refractivity contribution in [3.63, 3.8) is 0 Å². The van der Waals surface area contributed by atoms with Gasteiger partial charge >= 0.3 is 5.97 Å². The van der Waals surface area contributed by atoms with Gasteiger partial charge in [0.2, 0.25) is 0 Å². The second kappa shape index (κ2) is 4.44. The Labute approximate surface area is 160 Å². The van der Waals surface area contributed by atoms with Gasteiger partial charge in [0.25, 0.3) is 0 Å². The summed E-state index contributed by atoms with van der Waals surface area (Å²) in [7, 11) is 0. The van der Waals surface area contributed by atoms with Gasteiger partial charge in [-0.05, 0) is 80.1 Å². The summed E-state index contributed by atoms with van der Waals surface area (Å²) >= 11 is 0. The van der Waals surface area contributed by atoms with Crippen LogP contribution in [0.2, 0.25) is 0 Å². The molecule has 3 heteroatoms. The number of hydrogen-bond donors (Lipinski definition) is 0. The van der Waals surface area contributed by atoms with Gasteiger partial charge < -0.3 is 4.74 Å². The number of allylic oxidation sites excluding steroid dienone is 2. The molecular weight excluding hydrogens is 336 g/mol. The van der Waals surface area contributed by atoms with Crippen LogP contribution in [0.3, 0.4) is 0 Å². The smallest absolute Gasteiger partial charge is 0.331 e. The van der Waals surface area contributed by atoms with Gasteiger partial charge in [0, 0.05) is 30.3 Å². The van der Waals surface area contributed by atoms with E-state index in [1.54, 1.807) is 17.2 Å². The summed E-state index contributed by atoms with van der Waals surface area (Å²) in [6.45, 7) is 2.44. The molecular formula is C24H28O3. The van der Waals surface area contributed by atoms with E-state index >= 15 is 0 Å². The molecule has 27 heavy (non-hydrogen) atoms. The maximum absolute atomic E-state index is 12.2. The average molecular weight is 364 g/mol.